The Labute approximate surface area is 172 Å². The minimum atomic E-state index is -0.562. The summed E-state index contributed by atoms with van der Waals surface area (Å²) < 4.78 is 24.2. The molecule has 1 aliphatic carbocycles. The number of nitrogens with one attached hydrogen (secondary N) is 2. The average Bonchev–Trinajstić information content (AvgIpc) is 2.63. The molecule has 1 atom stereocenters. The minimum Gasteiger partial charge on any atom is -0.465 e. The third-order valence-corrected chi connectivity index (χ3v) is 5.35. The van der Waals surface area contributed by atoms with Gasteiger partial charge in [0.25, 0.3) is 0 Å². The van der Waals surface area contributed by atoms with Gasteiger partial charge >= 0.3 is 12.1 Å². The fourth-order valence-electron chi connectivity index (χ4n) is 3.67. The first kappa shape index (κ1) is 23.0. The van der Waals surface area contributed by atoms with Crippen LogP contribution < -0.4 is 10.6 Å². The number of methoxy groups -OCH3 is 1. The van der Waals surface area contributed by atoms with Gasteiger partial charge in [0.15, 0.2) is 0 Å². The summed E-state index contributed by atoms with van der Waals surface area (Å²) in [6.45, 7) is 9.28. The van der Waals surface area contributed by atoms with Gasteiger partial charge in [0, 0.05) is 23.3 Å². The van der Waals surface area contributed by atoms with E-state index in [-0.39, 0.29) is 23.7 Å². The van der Waals surface area contributed by atoms with Crippen molar-refractivity contribution in [3.63, 3.8) is 0 Å². The molecule has 0 aliphatic heterocycles. The molecule has 6 nitrogen and oxygen atoms in total. The second kappa shape index (κ2) is 9.46. The fraction of sp³-hybridized carbons (Fsp3) is 0.636. The summed E-state index contributed by atoms with van der Waals surface area (Å²) in [5, 5.41) is 6.31. The monoisotopic (exact) mass is 408 g/mol. The van der Waals surface area contributed by atoms with Crippen LogP contribution in [0.15, 0.2) is 12.1 Å². The van der Waals surface area contributed by atoms with Crippen molar-refractivity contribution in [2.24, 2.45) is 5.92 Å². The second-order valence-corrected chi connectivity index (χ2v) is 8.81. The first-order chi connectivity index (χ1) is 13.5. The average molecular weight is 409 g/mol. The zero-order valence-corrected chi connectivity index (χ0v) is 18.2. The number of anilines is 1. The van der Waals surface area contributed by atoms with Crippen molar-refractivity contribution in [3.05, 3.63) is 29.1 Å². The van der Waals surface area contributed by atoms with Gasteiger partial charge in [-0.25, -0.2) is 14.0 Å². The van der Waals surface area contributed by atoms with Gasteiger partial charge in [-0.05, 0) is 78.4 Å². The van der Waals surface area contributed by atoms with Gasteiger partial charge < -0.3 is 20.1 Å². The third-order valence-electron chi connectivity index (χ3n) is 5.35. The van der Waals surface area contributed by atoms with Gasteiger partial charge in [0.05, 0.1) is 12.7 Å². The van der Waals surface area contributed by atoms with Gasteiger partial charge in [-0.2, -0.15) is 0 Å². The van der Waals surface area contributed by atoms with Crippen LogP contribution in [0.3, 0.4) is 0 Å². The van der Waals surface area contributed by atoms with Crippen LogP contribution in [-0.2, 0) is 9.47 Å². The molecule has 1 aromatic rings. The smallest absolute Gasteiger partial charge is 0.407 e. The zero-order valence-electron chi connectivity index (χ0n) is 18.2. The van der Waals surface area contributed by atoms with Crippen LogP contribution in [0, 0.1) is 18.7 Å². The number of hydrogen-bond donors (Lipinski definition) is 2. The Morgan fingerprint density at radius 1 is 1.17 bits per heavy atom. The summed E-state index contributed by atoms with van der Waals surface area (Å²) in [5.41, 5.74) is 0.762. The maximum Gasteiger partial charge on any atom is 0.407 e. The zero-order chi connectivity index (χ0) is 21.8. The number of amides is 1. The molecule has 7 heteroatoms. The first-order valence-corrected chi connectivity index (χ1v) is 10.1. The highest BCUT2D eigenvalue weighted by atomic mass is 19.1. The third kappa shape index (κ3) is 6.61. The van der Waals surface area contributed by atoms with Crippen molar-refractivity contribution in [2.45, 2.75) is 78.0 Å². The largest absolute Gasteiger partial charge is 0.465 e. The van der Waals surface area contributed by atoms with Gasteiger partial charge in [0.2, 0.25) is 0 Å². The van der Waals surface area contributed by atoms with Crippen LogP contribution in [0.2, 0.25) is 0 Å². The Kier molecular flexibility index (Phi) is 7.49. The topological polar surface area (TPSA) is 76.7 Å². The number of benzene rings is 1. The molecule has 0 aromatic heterocycles. The van der Waals surface area contributed by atoms with Crippen LogP contribution in [-0.4, -0.2) is 36.9 Å². The van der Waals surface area contributed by atoms with Crippen molar-refractivity contribution in [2.75, 3.05) is 12.4 Å². The van der Waals surface area contributed by atoms with Crippen molar-refractivity contribution >= 4 is 17.7 Å². The van der Waals surface area contributed by atoms with E-state index in [1.165, 1.54) is 13.2 Å². The summed E-state index contributed by atoms with van der Waals surface area (Å²) >= 11 is 0. The molecule has 0 unspecified atom stereocenters. The molecule has 1 saturated carbocycles. The van der Waals surface area contributed by atoms with E-state index in [4.69, 9.17) is 9.47 Å². The molecule has 1 amide bonds. The first-order valence-electron chi connectivity index (χ1n) is 10.1. The number of carbonyl (C=O) groups is 2. The molecule has 2 rings (SSSR count). The van der Waals surface area contributed by atoms with E-state index in [1.54, 1.807) is 13.0 Å². The van der Waals surface area contributed by atoms with E-state index in [1.807, 2.05) is 20.8 Å². The van der Waals surface area contributed by atoms with Crippen LogP contribution in [0.4, 0.5) is 14.9 Å². The molecule has 0 bridgehead atoms. The highest BCUT2D eigenvalue weighted by molar-refractivity contribution is 5.90. The lowest BCUT2D eigenvalue weighted by molar-refractivity contribution is 0.0485. The van der Waals surface area contributed by atoms with E-state index < -0.39 is 17.4 Å². The van der Waals surface area contributed by atoms with Crippen LogP contribution in [0.25, 0.3) is 0 Å². The maximum absolute atomic E-state index is 14.2. The maximum atomic E-state index is 14.2. The summed E-state index contributed by atoms with van der Waals surface area (Å²) in [6.07, 6.45) is 3.23. The Hall–Kier alpha value is -2.31. The Morgan fingerprint density at radius 2 is 1.79 bits per heavy atom. The molecule has 0 heterocycles. The van der Waals surface area contributed by atoms with Crippen LogP contribution >= 0.6 is 0 Å². The Morgan fingerprint density at radius 3 is 2.34 bits per heavy atom. The summed E-state index contributed by atoms with van der Waals surface area (Å²) in [6, 6.07) is 3.04. The van der Waals surface area contributed by atoms with Crippen molar-refractivity contribution in [1.29, 1.82) is 0 Å². The molecular weight excluding hydrogens is 375 g/mol. The second-order valence-electron chi connectivity index (χ2n) is 8.81. The van der Waals surface area contributed by atoms with Crippen LogP contribution in [0.1, 0.15) is 69.3 Å². The predicted molar refractivity (Wildman–Crippen MR) is 111 cm³/mol. The lowest BCUT2D eigenvalue weighted by Crippen LogP contribution is -2.42. The standard InChI is InChI=1S/C22H33FN2O4/c1-13-18(23)11-16(20(26)28-6)12-19(13)24-14(2)15-7-9-17(10-8-15)25-21(27)29-22(3,4)5/h11-12,14-15,17,24H,7-10H2,1-6H3,(H,25,27)/t14-,15?,17?/m0/s1. The highest BCUT2D eigenvalue weighted by Gasteiger charge is 2.28. The predicted octanol–water partition coefficient (Wildman–Crippen LogP) is 4.80. The van der Waals surface area contributed by atoms with Crippen molar-refractivity contribution < 1.29 is 23.5 Å². The number of esters is 1. The van der Waals surface area contributed by atoms with E-state index in [0.29, 0.717) is 17.2 Å². The molecule has 1 fully saturated rings. The van der Waals surface area contributed by atoms with Gasteiger partial charge in [-0.15, -0.1) is 0 Å². The summed E-state index contributed by atoms with van der Waals surface area (Å²) in [5.74, 6) is -0.614. The van der Waals surface area contributed by atoms with Gasteiger partial charge in [-0.1, -0.05) is 0 Å². The molecule has 29 heavy (non-hydrogen) atoms. The van der Waals surface area contributed by atoms with E-state index in [2.05, 4.69) is 17.6 Å². The number of hydrogen-bond acceptors (Lipinski definition) is 5. The molecule has 162 valence electrons. The quantitative estimate of drug-likeness (QED) is 0.684. The minimum absolute atomic E-state index is 0.100. The lowest BCUT2D eigenvalue weighted by Gasteiger charge is -2.34. The van der Waals surface area contributed by atoms with Crippen molar-refractivity contribution in [1.82, 2.24) is 5.32 Å². The number of ether oxygens (including phenoxy) is 2. The Bertz CT molecular complexity index is 737. The van der Waals surface area contributed by atoms with E-state index in [0.717, 1.165) is 25.7 Å². The molecule has 0 spiro atoms. The van der Waals surface area contributed by atoms with Crippen molar-refractivity contribution in [3.8, 4) is 0 Å². The van der Waals surface area contributed by atoms with Gasteiger partial charge in [0.1, 0.15) is 11.4 Å². The Balaban J connectivity index is 1.93. The molecule has 1 aliphatic rings. The number of rotatable bonds is 5. The molecule has 0 saturated heterocycles. The van der Waals surface area contributed by atoms with E-state index in [9.17, 15) is 14.0 Å². The number of carbonyl (C=O) groups excluding carboxylic acids is 2. The normalized spacial score (nSPS) is 20.5. The molecule has 2 N–H and O–H groups in total. The molecule has 0 radical (unpaired) electrons. The molecular formula is C22H33FN2O4. The fourth-order valence-corrected chi connectivity index (χ4v) is 3.67. The van der Waals surface area contributed by atoms with E-state index >= 15 is 0 Å². The van der Waals surface area contributed by atoms with Gasteiger partial charge in [-0.3, -0.25) is 0 Å². The lowest BCUT2D eigenvalue weighted by atomic mass is 9.82. The number of halogens is 1. The summed E-state index contributed by atoms with van der Waals surface area (Å²) in [7, 11) is 1.28. The SMILES string of the molecule is COC(=O)c1cc(F)c(C)c(N[C@@H](C)C2CCC(NC(=O)OC(C)(C)C)CC2)c1. The number of alkyl carbamates (subject to hydrolysis) is 1. The highest BCUT2D eigenvalue weighted by Crippen LogP contribution is 2.30. The van der Waals surface area contributed by atoms with Crippen LogP contribution in [0.5, 0.6) is 0 Å². The summed E-state index contributed by atoms with van der Waals surface area (Å²) in [4.78, 5) is 23.7. The molecule has 1 aromatic carbocycles.